The Balaban J connectivity index is 0.000000253. The molecule has 9 rings (SSSR count). The first kappa shape index (κ1) is 47.8. The Kier molecular flexibility index (Phi) is 14.2. The molecule has 9 aromatic rings. The second-order valence-electron chi connectivity index (χ2n) is 20.3. The molecule has 0 atom stereocenters. The van der Waals surface area contributed by atoms with Crippen LogP contribution in [-0.2, 0) is 31.9 Å². The number of hydrogen-bond acceptors (Lipinski definition) is 4. The molecule has 7 heteroatoms. The monoisotopic (exact) mass is 1100 g/mol. The Hall–Kier alpha value is -5.14. The Bertz CT molecular complexity index is 3050. The van der Waals surface area contributed by atoms with Crippen LogP contribution in [0.2, 0.25) is 17.3 Å². The molecule has 1 radical (unpaired) electrons. The Morgan fingerprint density at radius 2 is 1.37 bits per heavy atom. The van der Waals surface area contributed by atoms with E-state index in [9.17, 15) is 0 Å². The Labute approximate surface area is 402 Å². The van der Waals surface area contributed by atoms with Gasteiger partial charge in [0.15, 0.2) is 5.65 Å². The fourth-order valence-electron chi connectivity index (χ4n) is 8.71. The van der Waals surface area contributed by atoms with Crippen LogP contribution >= 0.6 is 0 Å². The van der Waals surface area contributed by atoms with Crippen LogP contribution in [-0.4, -0.2) is 32.8 Å². The summed E-state index contributed by atoms with van der Waals surface area (Å²) in [7, 11) is 0. The molecule has 0 unspecified atom stereocenters. The molecule has 0 saturated heterocycles. The minimum Gasteiger partial charge on any atom is -0.501 e. The topological polar surface area (TPSA) is 56.7 Å². The number of hydrogen-bond donors (Lipinski definition) is 0. The van der Waals surface area contributed by atoms with Crippen molar-refractivity contribution in [3.05, 3.63) is 162 Å². The second kappa shape index (κ2) is 19.4. The number of rotatable bonds is 9. The largest absolute Gasteiger partial charge is 0.501 e. The molecule has 0 aliphatic rings. The molecule has 335 valence electrons. The Morgan fingerprint density at radius 3 is 2.00 bits per heavy atom. The molecular weight excluding hydrogens is 1030 g/mol. The van der Waals surface area contributed by atoms with Crippen molar-refractivity contribution in [2.24, 2.45) is 5.92 Å². The van der Waals surface area contributed by atoms with Crippen molar-refractivity contribution in [3.8, 4) is 39.5 Å². The number of furan rings is 1. The molecule has 0 saturated carbocycles. The molecule has 0 bridgehead atoms. The van der Waals surface area contributed by atoms with Crippen molar-refractivity contribution in [3.63, 3.8) is 0 Å². The molecule has 4 heterocycles. The van der Waals surface area contributed by atoms with E-state index in [2.05, 4.69) is 181 Å². The van der Waals surface area contributed by atoms with Crippen molar-refractivity contribution < 1.29 is 24.5 Å². The molecule has 4 aromatic heterocycles. The summed E-state index contributed by atoms with van der Waals surface area (Å²) in [5.41, 5.74) is 15.0. The van der Waals surface area contributed by atoms with Crippen LogP contribution in [0.4, 0.5) is 0 Å². The van der Waals surface area contributed by atoms with Crippen molar-refractivity contribution >= 4 is 50.8 Å². The van der Waals surface area contributed by atoms with E-state index in [1.165, 1.54) is 27.8 Å². The van der Waals surface area contributed by atoms with Crippen LogP contribution in [0, 0.1) is 18.1 Å². The van der Waals surface area contributed by atoms with Gasteiger partial charge in [-0.05, 0) is 69.3 Å². The third-order valence-electron chi connectivity index (χ3n) is 12.1. The summed E-state index contributed by atoms with van der Waals surface area (Å²) < 4.78 is 10.3. The zero-order valence-corrected chi connectivity index (χ0v) is 44.6. The van der Waals surface area contributed by atoms with E-state index < -0.39 is 13.3 Å². The van der Waals surface area contributed by atoms with Gasteiger partial charge >= 0.3 is 126 Å². The molecule has 5 aromatic carbocycles. The molecule has 0 fully saturated rings. The molecule has 0 N–H and O–H groups in total. The van der Waals surface area contributed by atoms with Crippen molar-refractivity contribution in [1.29, 1.82) is 0 Å². The number of nitrogens with zero attached hydrogens (tertiary/aromatic N) is 4. The predicted molar refractivity (Wildman–Crippen MR) is 273 cm³/mol. The van der Waals surface area contributed by atoms with Gasteiger partial charge in [0.05, 0.1) is 16.9 Å². The standard InChI is InChI=1S/C40H38N3O.C18H24GeN.Ir/c1-24(2)32-20-27(26-14-9-8-10-15-26)21-33(25(3)4)36(32)43-38(42-34-22-28(40(5,6)7)23-41-39(34)43)31-18-13-17-30-29-16-11-12-19-35(29)44-37(30)31;1-14(2)11-16-12-18(15-9-7-6-8-10-15)20-13-17(16)19(3,4)5;/h8-17,19-25H,1-7H3;6-9,12-14H,11H2,1-5H3;/q2*-1;. The third-order valence-corrected chi connectivity index (χ3v) is 16.4. The quantitative estimate of drug-likeness (QED) is 0.107. The van der Waals surface area contributed by atoms with E-state index in [4.69, 9.17) is 19.4 Å². The average Bonchev–Trinajstić information content (AvgIpc) is 3.84. The maximum absolute atomic E-state index is 6.53. The number of imidazole rings is 1. The molecule has 0 spiro atoms. The second-order valence-corrected chi connectivity index (χ2v) is 30.9. The fourth-order valence-corrected chi connectivity index (χ4v) is 12.0. The molecule has 0 amide bonds. The average molecular weight is 1100 g/mol. The van der Waals surface area contributed by atoms with Crippen molar-refractivity contribution in [1.82, 2.24) is 19.5 Å². The van der Waals surface area contributed by atoms with Gasteiger partial charge in [-0.1, -0.05) is 108 Å². The van der Waals surface area contributed by atoms with Gasteiger partial charge in [0.2, 0.25) is 0 Å². The molecule has 5 nitrogen and oxygen atoms in total. The number of para-hydroxylation sites is 1. The molecular formula is C58H62GeIrN4O-2. The first-order chi connectivity index (χ1) is 30.5. The summed E-state index contributed by atoms with van der Waals surface area (Å²) in [6.07, 6.45) is 5.28. The van der Waals surface area contributed by atoms with Crippen LogP contribution in [0.15, 0.2) is 132 Å². The van der Waals surface area contributed by atoms with E-state index in [-0.39, 0.29) is 37.4 Å². The Morgan fingerprint density at radius 1 is 0.692 bits per heavy atom. The van der Waals surface area contributed by atoms with Crippen LogP contribution < -0.4 is 4.40 Å². The van der Waals surface area contributed by atoms with Crippen molar-refractivity contribution in [2.75, 3.05) is 0 Å². The van der Waals surface area contributed by atoms with E-state index in [1.54, 1.807) is 4.40 Å². The van der Waals surface area contributed by atoms with Crippen LogP contribution in [0.1, 0.15) is 96.4 Å². The van der Waals surface area contributed by atoms with E-state index >= 15 is 0 Å². The normalized spacial score (nSPS) is 12.0. The summed E-state index contributed by atoms with van der Waals surface area (Å²) in [6, 6.07) is 47.0. The van der Waals surface area contributed by atoms with Gasteiger partial charge in [-0.15, -0.1) is 18.2 Å². The van der Waals surface area contributed by atoms with Gasteiger partial charge in [-0.3, -0.25) is 4.98 Å². The number of pyridine rings is 2. The first-order valence-corrected chi connectivity index (χ1v) is 30.2. The van der Waals surface area contributed by atoms with E-state index in [0.717, 1.165) is 73.4 Å². The van der Waals surface area contributed by atoms with Crippen LogP contribution in [0.25, 0.3) is 72.6 Å². The first-order valence-electron chi connectivity index (χ1n) is 22.9. The predicted octanol–water partition coefficient (Wildman–Crippen LogP) is 15.3. The minimum absolute atomic E-state index is 0. The number of aromatic nitrogens is 4. The zero-order chi connectivity index (χ0) is 45.5. The van der Waals surface area contributed by atoms with Gasteiger partial charge in [-0.2, -0.15) is 0 Å². The number of benzene rings is 5. The molecule has 0 aliphatic carbocycles. The van der Waals surface area contributed by atoms with Gasteiger partial charge in [-0.25, -0.2) is 4.98 Å². The maximum Gasteiger partial charge on any atom is 0.155 e. The van der Waals surface area contributed by atoms with Crippen molar-refractivity contribution in [2.45, 2.75) is 103 Å². The van der Waals surface area contributed by atoms with E-state index in [0.29, 0.717) is 5.92 Å². The van der Waals surface area contributed by atoms with Gasteiger partial charge in [0.1, 0.15) is 5.58 Å². The summed E-state index contributed by atoms with van der Waals surface area (Å²) >= 11 is -1.86. The molecule has 65 heavy (non-hydrogen) atoms. The minimum atomic E-state index is -1.86. The summed E-state index contributed by atoms with van der Waals surface area (Å²) in [6.45, 7) is 20.3. The van der Waals surface area contributed by atoms with Crippen LogP contribution in [0.3, 0.4) is 0 Å². The fraction of sp³-hybridized carbons (Fsp3) is 0.293. The smallest absolute Gasteiger partial charge is 0.155 e. The van der Waals surface area contributed by atoms with Crippen LogP contribution in [0.5, 0.6) is 0 Å². The van der Waals surface area contributed by atoms with Gasteiger partial charge < -0.3 is 8.98 Å². The van der Waals surface area contributed by atoms with Gasteiger partial charge in [0.25, 0.3) is 0 Å². The summed E-state index contributed by atoms with van der Waals surface area (Å²) in [5.74, 6) is 9.31. The third kappa shape index (κ3) is 10.0. The summed E-state index contributed by atoms with van der Waals surface area (Å²) in [5, 5.41) is 2.15. The maximum atomic E-state index is 6.53. The zero-order valence-electron chi connectivity index (χ0n) is 40.1. The number of fused-ring (bicyclic) bond motifs is 4. The summed E-state index contributed by atoms with van der Waals surface area (Å²) in [4.78, 5) is 15.2. The van der Waals surface area contributed by atoms with E-state index in [1.807, 2.05) is 42.6 Å². The molecule has 0 aliphatic heterocycles. The van der Waals surface area contributed by atoms with Gasteiger partial charge in [0, 0.05) is 37.4 Å². The SMILES string of the molecule is CC(C)Cc1cc(-c2[c-]cccc2)nc[c]1[Ge]([CH3])([CH3])[CH3].CC(C)c1cc(-c2ccccc2)cc(C(C)C)c1-n1c(-c2[c-]ccc3c2oc2ccccc23)nc2cc(C(C)(C)C)cnc21.[Ir].